The predicted molar refractivity (Wildman–Crippen MR) is 93.8 cm³/mol. The quantitative estimate of drug-likeness (QED) is 0.739. The van der Waals surface area contributed by atoms with Crippen molar-refractivity contribution in [3.63, 3.8) is 0 Å². The second-order valence-corrected chi connectivity index (χ2v) is 7.87. The molecule has 1 aromatic heterocycles. The largest absolute Gasteiger partial charge is 0.444 e. The standard InChI is InChI=1S/C15H22BrClN4O2/c1-15(2,3)23-14(22)20-10-6-4-9(5-7-10)19-12-11(16)8-18-13(17)21-12/h8-10H,4-7H2,1-3H3,(H,20,22)(H,18,19,21). The molecule has 23 heavy (non-hydrogen) atoms. The molecule has 0 aromatic carbocycles. The number of aromatic nitrogens is 2. The molecule has 1 aliphatic carbocycles. The Balaban J connectivity index is 1.80. The molecule has 1 aromatic rings. The van der Waals surface area contributed by atoms with Gasteiger partial charge in [-0.3, -0.25) is 0 Å². The van der Waals surface area contributed by atoms with Crippen LogP contribution in [-0.4, -0.2) is 33.7 Å². The number of amides is 1. The van der Waals surface area contributed by atoms with E-state index in [2.05, 4.69) is 36.5 Å². The molecule has 0 radical (unpaired) electrons. The number of ether oxygens (including phenoxy) is 1. The van der Waals surface area contributed by atoms with Crippen molar-refractivity contribution in [2.75, 3.05) is 5.32 Å². The van der Waals surface area contributed by atoms with Crippen molar-refractivity contribution in [2.45, 2.75) is 64.1 Å². The topological polar surface area (TPSA) is 76.1 Å². The van der Waals surface area contributed by atoms with Crippen LogP contribution in [-0.2, 0) is 4.74 Å². The van der Waals surface area contributed by atoms with Gasteiger partial charge in [0.05, 0.1) is 4.47 Å². The van der Waals surface area contributed by atoms with Crippen LogP contribution in [0.1, 0.15) is 46.5 Å². The molecule has 1 fully saturated rings. The highest BCUT2D eigenvalue weighted by atomic mass is 79.9. The third-order valence-electron chi connectivity index (χ3n) is 3.50. The summed E-state index contributed by atoms with van der Waals surface area (Å²) in [6.07, 6.45) is 4.95. The smallest absolute Gasteiger partial charge is 0.407 e. The van der Waals surface area contributed by atoms with E-state index in [0.29, 0.717) is 11.9 Å². The van der Waals surface area contributed by atoms with Gasteiger partial charge in [-0.05, 0) is 74.0 Å². The summed E-state index contributed by atoms with van der Waals surface area (Å²) in [6, 6.07) is 0.453. The molecule has 1 heterocycles. The zero-order chi connectivity index (χ0) is 17.0. The summed E-state index contributed by atoms with van der Waals surface area (Å²) in [5.41, 5.74) is -0.471. The van der Waals surface area contributed by atoms with Gasteiger partial charge in [0.25, 0.3) is 0 Å². The Morgan fingerprint density at radius 2 is 1.91 bits per heavy atom. The van der Waals surface area contributed by atoms with Gasteiger partial charge in [-0.1, -0.05) is 0 Å². The third-order valence-corrected chi connectivity index (χ3v) is 4.27. The Labute approximate surface area is 149 Å². The average molecular weight is 406 g/mol. The highest BCUT2D eigenvalue weighted by Crippen LogP contribution is 2.26. The first-order chi connectivity index (χ1) is 10.7. The first-order valence-corrected chi connectivity index (χ1v) is 8.84. The van der Waals surface area contributed by atoms with E-state index in [1.807, 2.05) is 20.8 Å². The van der Waals surface area contributed by atoms with Crippen molar-refractivity contribution >= 4 is 39.4 Å². The maximum absolute atomic E-state index is 11.8. The normalized spacial score (nSPS) is 21.6. The maximum Gasteiger partial charge on any atom is 0.407 e. The molecule has 1 aliphatic rings. The first kappa shape index (κ1) is 18.3. The maximum atomic E-state index is 11.8. The Hall–Kier alpha value is -1.08. The Kier molecular flexibility index (Phi) is 6.08. The molecular formula is C15H22BrClN4O2. The van der Waals surface area contributed by atoms with E-state index in [9.17, 15) is 4.79 Å². The molecule has 0 bridgehead atoms. The van der Waals surface area contributed by atoms with Crippen molar-refractivity contribution in [1.82, 2.24) is 15.3 Å². The fourth-order valence-corrected chi connectivity index (χ4v) is 2.94. The number of anilines is 1. The summed E-state index contributed by atoms with van der Waals surface area (Å²) in [5, 5.41) is 6.53. The van der Waals surface area contributed by atoms with Crippen molar-refractivity contribution in [3.05, 3.63) is 16.0 Å². The third kappa shape index (κ3) is 6.14. The van der Waals surface area contributed by atoms with Crippen LogP contribution in [0.4, 0.5) is 10.6 Å². The summed E-state index contributed by atoms with van der Waals surface area (Å²) in [5.74, 6) is 0.702. The van der Waals surface area contributed by atoms with Gasteiger partial charge < -0.3 is 15.4 Å². The van der Waals surface area contributed by atoms with Crippen LogP contribution in [0.25, 0.3) is 0 Å². The van der Waals surface area contributed by atoms with E-state index in [0.717, 1.165) is 30.2 Å². The first-order valence-electron chi connectivity index (χ1n) is 7.67. The summed E-state index contributed by atoms with van der Waals surface area (Å²) >= 11 is 9.23. The number of carbonyl (C=O) groups excluding carboxylic acids is 1. The number of nitrogens with zero attached hydrogens (tertiary/aromatic N) is 2. The van der Waals surface area contributed by atoms with Crippen molar-refractivity contribution in [2.24, 2.45) is 0 Å². The average Bonchev–Trinajstić information content (AvgIpc) is 2.43. The molecule has 0 unspecified atom stereocenters. The highest BCUT2D eigenvalue weighted by Gasteiger charge is 2.25. The van der Waals surface area contributed by atoms with Gasteiger partial charge in [0, 0.05) is 18.3 Å². The SMILES string of the molecule is CC(C)(C)OC(=O)NC1CCC(Nc2nc(Cl)ncc2Br)CC1. The van der Waals surface area contributed by atoms with Crippen molar-refractivity contribution < 1.29 is 9.53 Å². The van der Waals surface area contributed by atoms with Gasteiger partial charge in [-0.15, -0.1) is 0 Å². The number of hydrogen-bond donors (Lipinski definition) is 2. The van der Waals surface area contributed by atoms with Gasteiger partial charge in [-0.2, -0.15) is 4.98 Å². The van der Waals surface area contributed by atoms with Crippen LogP contribution in [0.2, 0.25) is 5.28 Å². The lowest BCUT2D eigenvalue weighted by molar-refractivity contribution is 0.0492. The Morgan fingerprint density at radius 1 is 1.30 bits per heavy atom. The Morgan fingerprint density at radius 3 is 2.52 bits per heavy atom. The monoisotopic (exact) mass is 404 g/mol. The molecular weight excluding hydrogens is 384 g/mol. The van der Waals surface area contributed by atoms with Gasteiger partial charge in [0.15, 0.2) is 0 Å². The molecule has 8 heteroatoms. The lowest BCUT2D eigenvalue weighted by atomic mass is 9.91. The number of hydrogen-bond acceptors (Lipinski definition) is 5. The predicted octanol–water partition coefficient (Wildman–Crippen LogP) is 4.14. The minimum Gasteiger partial charge on any atom is -0.444 e. The second kappa shape index (κ2) is 7.66. The molecule has 1 amide bonds. The van der Waals surface area contributed by atoms with E-state index in [4.69, 9.17) is 16.3 Å². The number of nitrogens with one attached hydrogen (secondary N) is 2. The minimum absolute atomic E-state index is 0.153. The molecule has 0 saturated heterocycles. The van der Waals surface area contributed by atoms with Gasteiger partial charge in [-0.25, -0.2) is 9.78 Å². The van der Waals surface area contributed by atoms with E-state index in [1.165, 1.54) is 0 Å². The lowest BCUT2D eigenvalue weighted by Crippen LogP contribution is -2.42. The van der Waals surface area contributed by atoms with Crippen LogP contribution in [0.3, 0.4) is 0 Å². The number of halogens is 2. The molecule has 0 aliphatic heterocycles. The van der Waals surface area contributed by atoms with Crippen LogP contribution < -0.4 is 10.6 Å². The van der Waals surface area contributed by atoms with Crippen molar-refractivity contribution in [1.29, 1.82) is 0 Å². The second-order valence-electron chi connectivity index (χ2n) is 6.67. The fourth-order valence-electron chi connectivity index (χ4n) is 2.50. The molecule has 2 rings (SSSR count). The summed E-state index contributed by atoms with van der Waals surface area (Å²) in [7, 11) is 0. The van der Waals surface area contributed by atoms with E-state index in [-0.39, 0.29) is 17.4 Å². The van der Waals surface area contributed by atoms with Gasteiger partial charge >= 0.3 is 6.09 Å². The Bertz CT molecular complexity index is 557. The van der Waals surface area contributed by atoms with Crippen LogP contribution >= 0.6 is 27.5 Å². The number of carbonyl (C=O) groups is 1. The summed E-state index contributed by atoms with van der Waals surface area (Å²) in [6.45, 7) is 5.58. The van der Waals surface area contributed by atoms with E-state index >= 15 is 0 Å². The van der Waals surface area contributed by atoms with Crippen molar-refractivity contribution in [3.8, 4) is 0 Å². The summed E-state index contributed by atoms with van der Waals surface area (Å²) < 4.78 is 6.08. The number of rotatable bonds is 3. The van der Waals surface area contributed by atoms with Crippen LogP contribution in [0, 0.1) is 0 Å². The zero-order valence-corrected chi connectivity index (χ0v) is 15.9. The molecule has 1 saturated carbocycles. The van der Waals surface area contributed by atoms with Gasteiger partial charge in [0.1, 0.15) is 11.4 Å². The summed E-state index contributed by atoms with van der Waals surface area (Å²) in [4.78, 5) is 19.9. The van der Waals surface area contributed by atoms with E-state index < -0.39 is 5.60 Å². The highest BCUT2D eigenvalue weighted by molar-refractivity contribution is 9.10. The molecule has 2 N–H and O–H groups in total. The molecule has 0 spiro atoms. The van der Waals surface area contributed by atoms with Crippen LogP contribution in [0.15, 0.2) is 10.7 Å². The van der Waals surface area contributed by atoms with Crippen LogP contribution in [0.5, 0.6) is 0 Å². The number of alkyl carbamates (subject to hydrolysis) is 1. The minimum atomic E-state index is -0.471. The van der Waals surface area contributed by atoms with E-state index in [1.54, 1.807) is 6.20 Å². The molecule has 6 nitrogen and oxygen atoms in total. The fraction of sp³-hybridized carbons (Fsp3) is 0.667. The lowest BCUT2D eigenvalue weighted by Gasteiger charge is -2.30. The zero-order valence-electron chi connectivity index (χ0n) is 13.5. The molecule has 128 valence electrons. The molecule has 0 atom stereocenters. The van der Waals surface area contributed by atoms with Gasteiger partial charge in [0.2, 0.25) is 5.28 Å².